The molecule has 2 nitrogen and oxygen atoms in total. The van der Waals surface area contributed by atoms with Crippen LogP contribution in [0.15, 0.2) is 109 Å². The summed E-state index contributed by atoms with van der Waals surface area (Å²) in [7, 11) is 0. The average molecular weight is 494 g/mol. The highest BCUT2D eigenvalue weighted by molar-refractivity contribution is 5.87. The Morgan fingerprint density at radius 2 is 1.30 bits per heavy atom. The third-order valence-corrected chi connectivity index (χ3v) is 6.79. The molecule has 1 aliphatic carbocycles. The summed E-state index contributed by atoms with van der Waals surface area (Å²) in [6, 6.07) is 33.8. The molecule has 0 aromatic heterocycles. The number of hydrogen-bond donors (Lipinski definition) is 1. The Morgan fingerprint density at radius 3 is 2.11 bits per heavy atom. The first-order chi connectivity index (χ1) is 17.9. The number of benzene rings is 5. The largest absolute Gasteiger partial charge is 0.456 e. The van der Waals surface area contributed by atoms with Gasteiger partial charge in [0.05, 0.1) is 0 Å². The molecule has 5 aromatic carbocycles. The van der Waals surface area contributed by atoms with Crippen molar-refractivity contribution < 1.29 is 17.9 Å². The Kier molecular flexibility index (Phi) is 5.49. The minimum atomic E-state index is -4.65. The minimum absolute atomic E-state index is 0.321. The zero-order chi connectivity index (χ0) is 25.6. The molecule has 2 N–H and O–H groups in total. The van der Waals surface area contributed by atoms with Crippen LogP contribution in [0.2, 0.25) is 0 Å². The number of hydrogen-bond acceptors (Lipinski definition) is 2. The van der Waals surface area contributed by atoms with Crippen LogP contribution >= 0.6 is 0 Å². The van der Waals surface area contributed by atoms with Crippen molar-refractivity contribution in [1.29, 1.82) is 0 Å². The van der Waals surface area contributed by atoms with Gasteiger partial charge in [0.15, 0.2) is 0 Å². The molecule has 0 heterocycles. The SMILES string of the molecule is Nc1cccc(Oc2ccc(-c3cccc4c3Cc3ccccc3-4)cc2-c2ccccc2)c1C(F)(F)F. The lowest BCUT2D eigenvalue weighted by molar-refractivity contribution is -0.137. The van der Waals surface area contributed by atoms with Gasteiger partial charge < -0.3 is 10.5 Å². The number of rotatable bonds is 4. The van der Waals surface area contributed by atoms with Crippen molar-refractivity contribution in [2.45, 2.75) is 12.6 Å². The van der Waals surface area contributed by atoms with E-state index in [-0.39, 0.29) is 11.4 Å². The predicted molar refractivity (Wildman–Crippen MR) is 141 cm³/mol. The molecule has 0 amide bonds. The maximum atomic E-state index is 13.8. The molecule has 0 fully saturated rings. The van der Waals surface area contributed by atoms with Crippen LogP contribution in [0.3, 0.4) is 0 Å². The van der Waals surface area contributed by atoms with Crippen molar-refractivity contribution in [3.05, 3.63) is 126 Å². The first-order valence-corrected chi connectivity index (χ1v) is 11.9. The number of halogens is 3. The van der Waals surface area contributed by atoms with Gasteiger partial charge in [-0.1, -0.05) is 84.9 Å². The Morgan fingerprint density at radius 1 is 0.595 bits per heavy atom. The lowest BCUT2D eigenvalue weighted by atomic mass is 9.93. The average Bonchev–Trinajstić information content (AvgIpc) is 3.28. The molecule has 1 aliphatic rings. The van der Waals surface area contributed by atoms with E-state index in [9.17, 15) is 13.2 Å². The highest BCUT2D eigenvalue weighted by atomic mass is 19.4. The Bertz CT molecular complexity index is 1620. The lowest BCUT2D eigenvalue weighted by Gasteiger charge is -2.19. The van der Waals surface area contributed by atoms with Crippen molar-refractivity contribution in [1.82, 2.24) is 0 Å². The van der Waals surface area contributed by atoms with Crippen LogP contribution in [-0.4, -0.2) is 0 Å². The number of fused-ring (bicyclic) bond motifs is 3. The summed E-state index contributed by atoms with van der Waals surface area (Å²) >= 11 is 0. The molecule has 0 aliphatic heterocycles. The van der Waals surface area contributed by atoms with E-state index in [4.69, 9.17) is 10.5 Å². The Labute approximate surface area is 212 Å². The van der Waals surface area contributed by atoms with Crippen LogP contribution in [0.1, 0.15) is 16.7 Å². The van der Waals surface area contributed by atoms with Crippen LogP contribution < -0.4 is 10.5 Å². The monoisotopic (exact) mass is 493 g/mol. The molecule has 0 unspecified atom stereocenters. The summed E-state index contributed by atoms with van der Waals surface area (Å²) in [4.78, 5) is 0. The van der Waals surface area contributed by atoms with Gasteiger partial charge in [-0.05, 0) is 69.6 Å². The van der Waals surface area contributed by atoms with Gasteiger partial charge in [0.1, 0.15) is 17.1 Å². The highest BCUT2D eigenvalue weighted by Crippen LogP contribution is 2.46. The molecule has 0 saturated heterocycles. The summed E-state index contributed by atoms with van der Waals surface area (Å²) in [6.45, 7) is 0. The summed E-state index contributed by atoms with van der Waals surface area (Å²) in [5, 5.41) is 0. The number of ether oxygens (including phenoxy) is 1. The second-order valence-electron chi connectivity index (χ2n) is 9.06. The van der Waals surface area contributed by atoms with Crippen LogP contribution in [0.4, 0.5) is 18.9 Å². The van der Waals surface area contributed by atoms with Gasteiger partial charge in [-0.3, -0.25) is 0 Å². The van der Waals surface area contributed by atoms with E-state index >= 15 is 0 Å². The van der Waals surface area contributed by atoms with E-state index < -0.39 is 11.7 Å². The topological polar surface area (TPSA) is 35.2 Å². The molecule has 0 atom stereocenters. The number of nitrogen functional groups attached to an aromatic ring is 1. The van der Waals surface area contributed by atoms with Gasteiger partial charge in [0.2, 0.25) is 0 Å². The molecular weight excluding hydrogens is 471 g/mol. The number of alkyl halides is 3. The fourth-order valence-electron chi connectivity index (χ4n) is 5.11. The minimum Gasteiger partial charge on any atom is -0.456 e. The quantitative estimate of drug-likeness (QED) is 0.249. The van der Waals surface area contributed by atoms with E-state index in [0.717, 1.165) is 23.1 Å². The normalized spacial score (nSPS) is 12.2. The summed E-state index contributed by atoms with van der Waals surface area (Å²) < 4.78 is 47.3. The van der Waals surface area contributed by atoms with Crippen molar-refractivity contribution in [2.75, 3.05) is 5.73 Å². The summed E-state index contributed by atoms with van der Waals surface area (Å²) in [5.41, 5.74) is 12.9. The molecule has 0 radical (unpaired) electrons. The van der Waals surface area contributed by atoms with Crippen molar-refractivity contribution in [3.63, 3.8) is 0 Å². The van der Waals surface area contributed by atoms with Crippen molar-refractivity contribution in [3.8, 4) is 44.9 Å². The fourth-order valence-corrected chi connectivity index (χ4v) is 5.11. The second kappa shape index (κ2) is 8.86. The van der Waals surface area contributed by atoms with E-state index in [1.54, 1.807) is 6.07 Å². The van der Waals surface area contributed by atoms with E-state index in [2.05, 4.69) is 30.3 Å². The fraction of sp³-hybridized carbons (Fsp3) is 0.0625. The summed E-state index contributed by atoms with van der Waals surface area (Å²) in [6.07, 6.45) is -3.81. The van der Waals surface area contributed by atoms with Gasteiger partial charge in [-0.25, -0.2) is 0 Å². The molecule has 6 rings (SSSR count). The second-order valence-corrected chi connectivity index (χ2v) is 9.06. The van der Waals surface area contributed by atoms with Crippen molar-refractivity contribution >= 4 is 5.69 Å². The van der Waals surface area contributed by atoms with Gasteiger partial charge in [0, 0.05) is 11.3 Å². The summed E-state index contributed by atoms with van der Waals surface area (Å²) in [5.74, 6) is -0.00426. The van der Waals surface area contributed by atoms with Gasteiger partial charge in [-0.15, -0.1) is 0 Å². The first kappa shape index (κ1) is 22.9. The maximum Gasteiger partial charge on any atom is 0.421 e. The predicted octanol–water partition coefficient (Wildman–Crippen LogP) is 8.99. The molecule has 0 saturated carbocycles. The smallest absolute Gasteiger partial charge is 0.421 e. The maximum absolute atomic E-state index is 13.8. The molecule has 5 aromatic rings. The van der Waals surface area contributed by atoms with Crippen LogP contribution in [0, 0.1) is 0 Å². The van der Waals surface area contributed by atoms with E-state index in [0.29, 0.717) is 11.3 Å². The van der Waals surface area contributed by atoms with Gasteiger partial charge in [0.25, 0.3) is 0 Å². The Hall–Kier alpha value is -4.51. The lowest BCUT2D eigenvalue weighted by Crippen LogP contribution is -2.10. The molecule has 182 valence electrons. The Balaban J connectivity index is 1.48. The zero-order valence-corrected chi connectivity index (χ0v) is 19.7. The standard InChI is InChI=1S/C32H22F3NO/c33-32(34,35)31-28(36)14-7-15-30(31)37-29-17-16-22(18-26(29)20-8-2-1-3-9-20)24-12-6-13-25-23-11-5-4-10-21(23)19-27(24)25/h1-18H,19,36H2. The number of nitrogens with two attached hydrogens (primary N) is 1. The van der Waals surface area contributed by atoms with E-state index in [1.807, 2.05) is 54.6 Å². The van der Waals surface area contributed by atoms with Crippen LogP contribution in [0.25, 0.3) is 33.4 Å². The van der Waals surface area contributed by atoms with Crippen molar-refractivity contribution in [2.24, 2.45) is 0 Å². The number of anilines is 1. The molecule has 37 heavy (non-hydrogen) atoms. The molecular formula is C32H22F3NO. The van der Waals surface area contributed by atoms with Gasteiger partial charge >= 0.3 is 6.18 Å². The van der Waals surface area contributed by atoms with Gasteiger partial charge in [-0.2, -0.15) is 13.2 Å². The van der Waals surface area contributed by atoms with E-state index in [1.165, 1.54) is 40.5 Å². The molecule has 5 heteroatoms. The third kappa shape index (κ3) is 4.12. The highest BCUT2D eigenvalue weighted by Gasteiger charge is 2.37. The molecule has 0 bridgehead atoms. The van der Waals surface area contributed by atoms with Crippen LogP contribution in [-0.2, 0) is 12.6 Å². The molecule has 0 spiro atoms. The third-order valence-electron chi connectivity index (χ3n) is 6.79. The zero-order valence-electron chi connectivity index (χ0n) is 19.7. The van der Waals surface area contributed by atoms with Crippen LogP contribution in [0.5, 0.6) is 11.5 Å². The first-order valence-electron chi connectivity index (χ1n) is 11.9.